The number of nitrogens with zero attached hydrogens (tertiary/aromatic N) is 3. The van der Waals surface area contributed by atoms with Crippen LogP contribution in [-0.4, -0.2) is 33.3 Å². The van der Waals surface area contributed by atoms with E-state index < -0.39 is 0 Å². The Labute approximate surface area is 149 Å². The number of nitrogens with one attached hydrogen (secondary N) is 1. The van der Waals surface area contributed by atoms with Crippen molar-refractivity contribution in [2.24, 2.45) is 0 Å². The lowest BCUT2D eigenvalue weighted by molar-refractivity contribution is 0.0947. The number of rotatable bonds is 6. The molecule has 1 atom stereocenters. The zero-order chi connectivity index (χ0) is 17.1. The van der Waals surface area contributed by atoms with Gasteiger partial charge in [-0.05, 0) is 36.1 Å². The maximum absolute atomic E-state index is 12.2. The van der Waals surface area contributed by atoms with Crippen molar-refractivity contribution in [1.82, 2.24) is 20.1 Å². The Kier molecular flexibility index (Phi) is 4.47. The monoisotopic (exact) mass is 354 g/mol. The van der Waals surface area contributed by atoms with Crippen LogP contribution in [0.15, 0.2) is 48.1 Å². The van der Waals surface area contributed by atoms with Crippen LogP contribution in [0.4, 0.5) is 0 Å². The number of hydrogen-bond acceptors (Lipinski definition) is 5. The number of thiophene rings is 1. The molecule has 4 heterocycles. The van der Waals surface area contributed by atoms with Crippen LogP contribution in [0.3, 0.4) is 0 Å². The molecule has 1 aliphatic heterocycles. The van der Waals surface area contributed by atoms with Gasteiger partial charge >= 0.3 is 0 Å². The van der Waals surface area contributed by atoms with Gasteiger partial charge in [-0.15, -0.1) is 11.3 Å². The van der Waals surface area contributed by atoms with Gasteiger partial charge in [-0.2, -0.15) is 5.10 Å². The molecular formula is C18H18N4O2S. The summed E-state index contributed by atoms with van der Waals surface area (Å²) in [6, 6.07) is 9.63. The van der Waals surface area contributed by atoms with E-state index >= 15 is 0 Å². The third-order valence-electron chi connectivity index (χ3n) is 4.10. The first kappa shape index (κ1) is 15.8. The van der Waals surface area contributed by atoms with Crippen molar-refractivity contribution in [2.45, 2.75) is 25.5 Å². The van der Waals surface area contributed by atoms with Gasteiger partial charge in [0.15, 0.2) is 0 Å². The molecule has 0 saturated heterocycles. The highest BCUT2D eigenvalue weighted by Gasteiger charge is 2.26. The minimum Gasteiger partial charge on any atom is -0.488 e. The number of carbonyl (C=O) groups excluding carboxylic acids is 1. The normalized spacial score (nSPS) is 15.8. The van der Waals surface area contributed by atoms with Crippen LogP contribution in [0.25, 0.3) is 0 Å². The van der Waals surface area contributed by atoms with Gasteiger partial charge in [-0.1, -0.05) is 6.07 Å². The quantitative estimate of drug-likeness (QED) is 0.738. The van der Waals surface area contributed by atoms with Crippen LogP contribution in [-0.2, 0) is 19.4 Å². The fourth-order valence-corrected chi connectivity index (χ4v) is 3.62. The summed E-state index contributed by atoms with van der Waals surface area (Å²) in [5, 5.41) is 9.39. The predicted octanol–water partition coefficient (Wildman–Crippen LogP) is 2.32. The lowest BCUT2D eigenvalue weighted by Crippen LogP contribution is -2.26. The van der Waals surface area contributed by atoms with E-state index in [1.807, 2.05) is 34.3 Å². The summed E-state index contributed by atoms with van der Waals surface area (Å²) in [7, 11) is 0. The summed E-state index contributed by atoms with van der Waals surface area (Å²) in [4.78, 5) is 17.5. The second kappa shape index (κ2) is 7.06. The van der Waals surface area contributed by atoms with Crippen LogP contribution in [0.2, 0.25) is 0 Å². The third-order valence-corrected chi connectivity index (χ3v) is 5.04. The zero-order valence-corrected chi connectivity index (χ0v) is 14.4. The maximum Gasteiger partial charge on any atom is 0.271 e. The summed E-state index contributed by atoms with van der Waals surface area (Å²) in [5.74, 6) is 0.683. The van der Waals surface area contributed by atoms with Gasteiger partial charge in [0.05, 0.1) is 6.54 Å². The Morgan fingerprint density at radius 2 is 2.24 bits per heavy atom. The van der Waals surface area contributed by atoms with E-state index in [-0.39, 0.29) is 12.0 Å². The molecule has 0 radical (unpaired) electrons. The van der Waals surface area contributed by atoms with Gasteiger partial charge in [0.25, 0.3) is 5.91 Å². The molecule has 3 aromatic heterocycles. The molecule has 0 saturated carbocycles. The van der Waals surface area contributed by atoms with E-state index in [2.05, 4.69) is 21.5 Å². The second-order valence-electron chi connectivity index (χ2n) is 5.92. The SMILES string of the molecule is O=C(NCCc1cccs1)c1cc2n(n1)CC(Oc1ccncc1)C2. The fourth-order valence-electron chi connectivity index (χ4n) is 2.91. The van der Waals surface area contributed by atoms with Crippen LogP contribution in [0, 0.1) is 0 Å². The first-order chi connectivity index (χ1) is 12.3. The number of amides is 1. The number of fused-ring (bicyclic) bond motifs is 1. The van der Waals surface area contributed by atoms with Crippen molar-refractivity contribution >= 4 is 17.2 Å². The molecule has 1 amide bonds. The summed E-state index contributed by atoms with van der Waals surface area (Å²) in [6.45, 7) is 1.27. The summed E-state index contributed by atoms with van der Waals surface area (Å²) in [6.07, 6.45) is 5.06. The minimum absolute atomic E-state index is 0.0424. The molecule has 1 N–H and O–H groups in total. The molecule has 0 aromatic carbocycles. The minimum atomic E-state index is -0.120. The van der Waals surface area contributed by atoms with Crippen LogP contribution < -0.4 is 10.1 Å². The van der Waals surface area contributed by atoms with Crippen molar-refractivity contribution in [3.05, 3.63) is 64.4 Å². The van der Waals surface area contributed by atoms with Gasteiger partial charge in [-0.25, -0.2) is 0 Å². The van der Waals surface area contributed by atoms with Gasteiger partial charge < -0.3 is 10.1 Å². The lowest BCUT2D eigenvalue weighted by atomic mass is 10.2. The van der Waals surface area contributed by atoms with Crippen LogP contribution >= 0.6 is 11.3 Å². The van der Waals surface area contributed by atoms with Gasteiger partial charge in [0.2, 0.25) is 0 Å². The van der Waals surface area contributed by atoms with E-state index in [1.54, 1.807) is 23.7 Å². The fraction of sp³-hybridized carbons (Fsp3) is 0.278. The zero-order valence-electron chi connectivity index (χ0n) is 13.6. The number of carbonyl (C=O) groups is 1. The van der Waals surface area contributed by atoms with E-state index in [4.69, 9.17) is 4.74 Å². The third kappa shape index (κ3) is 3.71. The molecule has 128 valence electrons. The largest absolute Gasteiger partial charge is 0.488 e. The highest BCUT2D eigenvalue weighted by atomic mass is 32.1. The predicted molar refractivity (Wildman–Crippen MR) is 94.9 cm³/mol. The Balaban J connectivity index is 1.30. The Hall–Kier alpha value is -2.67. The van der Waals surface area contributed by atoms with E-state index in [1.165, 1.54) is 4.88 Å². The smallest absolute Gasteiger partial charge is 0.271 e. The van der Waals surface area contributed by atoms with Crippen molar-refractivity contribution in [3.8, 4) is 5.75 Å². The van der Waals surface area contributed by atoms with Crippen molar-refractivity contribution < 1.29 is 9.53 Å². The number of aromatic nitrogens is 3. The van der Waals surface area contributed by atoms with Crippen molar-refractivity contribution in [3.63, 3.8) is 0 Å². The molecule has 3 aromatic rings. The first-order valence-electron chi connectivity index (χ1n) is 8.22. The number of ether oxygens (including phenoxy) is 1. The van der Waals surface area contributed by atoms with Gasteiger partial charge in [-0.3, -0.25) is 14.5 Å². The Morgan fingerprint density at radius 1 is 1.36 bits per heavy atom. The van der Waals surface area contributed by atoms with Gasteiger partial charge in [0, 0.05) is 35.9 Å². The van der Waals surface area contributed by atoms with E-state index in [9.17, 15) is 4.79 Å². The summed E-state index contributed by atoms with van der Waals surface area (Å²) >= 11 is 1.70. The molecule has 0 aliphatic carbocycles. The Bertz CT molecular complexity index is 822. The topological polar surface area (TPSA) is 69.0 Å². The summed E-state index contributed by atoms with van der Waals surface area (Å²) < 4.78 is 7.78. The highest BCUT2D eigenvalue weighted by molar-refractivity contribution is 7.09. The number of hydrogen-bond donors (Lipinski definition) is 1. The standard InChI is InChI=1S/C18H18N4O2S/c23-18(20-8-5-16-2-1-9-25-16)17-11-13-10-15(12-22(13)21-17)24-14-3-6-19-7-4-14/h1-4,6-7,9,11,15H,5,8,10,12H2,(H,20,23). The molecule has 7 heteroatoms. The average Bonchev–Trinajstić information content (AvgIpc) is 3.32. The van der Waals surface area contributed by atoms with E-state index in [0.29, 0.717) is 18.8 Å². The molecule has 1 aliphatic rings. The molecule has 0 bridgehead atoms. The molecular weight excluding hydrogens is 336 g/mol. The van der Waals surface area contributed by atoms with Crippen LogP contribution in [0.1, 0.15) is 21.1 Å². The molecule has 0 spiro atoms. The average molecular weight is 354 g/mol. The second-order valence-corrected chi connectivity index (χ2v) is 6.95. The van der Waals surface area contributed by atoms with Crippen molar-refractivity contribution in [1.29, 1.82) is 0 Å². The maximum atomic E-state index is 12.2. The molecule has 25 heavy (non-hydrogen) atoms. The molecule has 4 rings (SSSR count). The van der Waals surface area contributed by atoms with E-state index in [0.717, 1.165) is 24.3 Å². The van der Waals surface area contributed by atoms with Crippen molar-refractivity contribution in [2.75, 3.05) is 6.54 Å². The molecule has 6 nitrogen and oxygen atoms in total. The molecule has 0 fully saturated rings. The molecule has 1 unspecified atom stereocenters. The highest BCUT2D eigenvalue weighted by Crippen LogP contribution is 2.21. The number of pyridine rings is 1. The Morgan fingerprint density at radius 3 is 3.00 bits per heavy atom. The lowest BCUT2D eigenvalue weighted by Gasteiger charge is -2.12. The van der Waals surface area contributed by atoms with Crippen LogP contribution in [0.5, 0.6) is 5.75 Å². The van der Waals surface area contributed by atoms with Gasteiger partial charge in [0.1, 0.15) is 17.5 Å². The first-order valence-corrected chi connectivity index (χ1v) is 9.10. The summed E-state index contributed by atoms with van der Waals surface area (Å²) in [5.41, 5.74) is 1.51.